The van der Waals surface area contributed by atoms with Crippen LogP contribution in [0.1, 0.15) is 40.0 Å². The highest BCUT2D eigenvalue weighted by Gasteiger charge is 2.65. The summed E-state index contributed by atoms with van der Waals surface area (Å²) in [6.45, 7) is 7.15. The third-order valence-electron chi connectivity index (χ3n) is 5.73. The fraction of sp³-hybridized carbons (Fsp3) is 1.00. The Hall–Kier alpha value is -0.0800. The average molecular weight is 210 g/mol. The topological polar surface area (TPSA) is 32.8 Å². The molecule has 1 N–H and O–H groups in total. The first-order valence-electron chi connectivity index (χ1n) is 6.38. The molecule has 7 atom stereocenters. The maximum absolute atomic E-state index is 9.90. The number of rotatable bonds is 0. The molecule has 3 fully saturated rings. The van der Waals surface area contributed by atoms with E-state index in [2.05, 4.69) is 20.8 Å². The normalized spacial score (nSPS) is 63.2. The molecule has 86 valence electrons. The van der Waals surface area contributed by atoms with Gasteiger partial charge in [0.15, 0.2) is 0 Å². The first-order valence-corrected chi connectivity index (χ1v) is 6.38. The van der Waals surface area contributed by atoms with E-state index in [-0.39, 0.29) is 12.2 Å². The molecule has 3 unspecified atom stereocenters. The first kappa shape index (κ1) is 10.1. The van der Waals surface area contributed by atoms with Crippen LogP contribution in [0.4, 0.5) is 0 Å². The third-order valence-corrected chi connectivity index (χ3v) is 5.73. The summed E-state index contributed by atoms with van der Waals surface area (Å²) in [6, 6.07) is 0. The molecule has 0 bridgehead atoms. The molecule has 0 spiro atoms. The van der Waals surface area contributed by atoms with Crippen LogP contribution in [0.3, 0.4) is 0 Å². The Balaban J connectivity index is 1.91. The van der Waals surface area contributed by atoms with Gasteiger partial charge in [-0.2, -0.15) is 0 Å². The molecule has 0 aromatic carbocycles. The predicted molar refractivity (Wildman–Crippen MR) is 58.4 cm³/mol. The SMILES string of the molecule is CC1CCC2C[C@@H](O)[C@H]3O[C@H]3[C@]2(C)C1C. The van der Waals surface area contributed by atoms with Crippen LogP contribution in [0.25, 0.3) is 0 Å². The minimum Gasteiger partial charge on any atom is -0.390 e. The summed E-state index contributed by atoms with van der Waals surface area (Å²) in [5.41, 5.74) is 0.335. The molecule has 2 aliphatic carbocycles. The Morgan fingerprint density at radius 2 is 2.00 bits per heavy atom. The van der Waals surface area contributed by atoms with Crippen LogP contribution in [0.5, 0.6) is 0 Å². The molecule has 1 aliphatic heterocycles. The van der Waals surface area contributed by atoms with E-state index in [1.165, 1.54) is 12.8 Å². The van der Waals surface area contributed by atoms with Gasteiger partial charge in [0, 0.05) is 5.41 Å². The van der Waals surface area contributed by atoms with E-state index < -0.39 is 0 Å². The van der Waals surface area contributed by atoms with Crippen molar-refractivity contribution in [1.29, 1.82) is 0 Å². The van der Waals surface area contributed by atoms with E-state index in [0.717, 1.165) is 18.3 Å². The van der Waals surface area contributed by atoms with Gasteiger partial charge in [-0.1, -0.05) is 27.2 Å². The van der Waals surface area contributed by atoms with E-state index in [9.17, 15) is 5.11 Å². The fourth-order valence-corrected chi connectivity index (χ4v) is 4.22. The Morgan fingerprint density at radius 1 is 1.27 bits per heavy atom. The lowest BCUT2D eigenvalue weighted by molar-refractivity contribution is -0.0436. The minimum absolute atomic E-state index is 0.166. The van der Waals surface area contributed by atoms with Gasteiger partial charge < -0.3 is 9.84 Å². The highest BCUT2D eigenvalue weighted by molar-refractivity contribution is 5.12. The standard InChI is InChI=1S/C13H22O2/c1-7-4-5-9-6-10(14)11-12(15-11)13(9,3)8(7)2/h7-12,14H,4-6H2,1-3H3/t7?,8?,9?,10-,11-,12-,13-/m1/s1. The lowest BCUT2D eigenvalue weighted by atomic mass is 9.53. The molecule has 2 nitrogen and oxygen atoms in total. The van der Waals surface area contributed by atoms with Gasteiger partial charge in [-0.25, -0.2) is 0 Å². The summed E-state index contributed by atoms with van der Waals surface area (Å²) in [5.74, 6) is 2.23. The molecule has 1 heterocycles. The van der Waals surface area contributed by atoms with E-state index in [4.69, 9.17) is 4.74 Å². The largest absolute Gasteiger partial charge is 0.390 e. The summed E-state index contributed by atoms with van der Waals surface area (Å²) in [4.78, 5) is 0. The Labute approximate surface area is 92.0 Å². The monoisotopic (exact) mass is 210 g/mol. The second-order valence-corrected chi connectivity index (χ2v) is 6.23. The van der Waals surface area contributed by atoms with Gasteiger partial charge in [0.1, 0.15) is 6.10 Å². The smallest absolute Gasteiger partial charge is 0.111 e. The molecule has 2 heteroatoms. The summed E-state index contributed by atoms with van der Waals surface area (Å²) < 4.78 is 5.73. The summed E-state index contributed by atoms with van der Waals surface area (Å²) >= 11 is 0. The first-order chi connectivity index (χ1) is 7.05. The van der Waals surface area contributed by atoms with Crippen LogP contribution in [-0.2, 0) is 4.74 Å². The summed E-state index contributed by atoms with van der Waals surface area (Å²) in [7, 11) is 0. The van der Waals surface area contributed by atoms with E-state index in [1.54, 1.807) is 0 Å². The van der Waals surface area contributed by atoms with Gasteiger partial charge in [0.25, 0.3) is 0 Å². The molecule has 0 aromatic rings. The zero-order valence-corrected chi connectivity index (χ0v) is 9.94. The average Bonchev–Trinajstić information content (AvgIpc) is 2.98. The quantitative estimate of drug-likeness (QED) is 0.622. The van der Waals surface area contributed by atoms with Crippen molar-refractivity contribution in [3.8, 4) is 0 Å². The number of aliphatic hydroxyl groups excluding tert-OH is 1. The summed E-state index contributed by atoms with van der Waals surface area (Å²) in [6.07, 6.45) is 3.91. The molecule has 3 aliphatic rings. The molecule has 1 saturated heterocycles. The molecular weight excluding hydrogens is 188 g/mol. The van der Waals surface area contributed by atoms with Crippen molar-refractivity contribution in [3.05, 3.63) is 0 Å². The minimum atomic E-state index is -0.186. The van der Waals surface area contributed by atoms with Gasteiger partial charge in [-0.3, -0.25) is 0 Å². The molecule has 0 aromatic heterocycles. The van der Waals surface area contributed by atoms with Crippen LogP contribution in [0.2, 0.25) is 0 Å². The molecular formula is C13H22O2. The van der Waals surface area contributed by atoms with E-state index >= 15 is 0 Å². The number of ether oxygens (including phenoxy) is 1. The molecule has 15 heavy (non-hydrogen) atoms. The van der Waals surface area contributed by atoms with E-state index in [1.807, 2.05) is 0 Å². The second-order valence-electron chi connectivity index (χ2n) is 6.23. The van der Waals surface area contributed by atoms with Crippen LogP contribution in [-0.4, -0.2) is 23.4 Å². The van der Waals surface area contributed by atoms with Gasteiger partial charge in [0.2, 0.25) is 0 Å². The van der Waals surface area contributed by atoms with Gasteiger partial charge in [-0.05, 0) is 30.6 Å². The lowest BCUT2D eigenvalue weighted by Gasteiger charge is -2.51. The maximum atomic E-state index is 9.90. The zero-order valence-electron chi connectivity index (χ0n) is 9.94. The lowest BCUT2D eigenvalue weighted by Crippen LogP contribution is -2.51. The number of hydrogen-bond acceptors (Lipinski definition) is 2. The maximum Gasteiger partial charge on any atom is 0.111 e. The second kappa shape index (κ2) is 2.98. The fourth-order valence-electron chi connectivity index (χ4n) is 4.22. The van der Waals surface area contributed by atoms with Crippen molar-refractivity contribution in [1.82, 2.24) is 0 Å². The Bertz CT molecular complexity index is 278. The predicted octanol–water partition coefficient (Wildman–Crippen LogP) is 2.21. The zero-order chi connectivity index (χ0) is 10.8. The van der Waals surface area contributed by atoms with Crippen LogP contribution >= 0.6 is 0 Å². The van der Waals surface area contributed by atoms with Crippen molar-refractivity contribution in [2.75, 3.05) is 0 Å². The molecule has 0 amide bonds. The Morgan fingerprint density at radius 3 is 2.73 bits per heavy atom. The number of hydrogen-bond donors (Lipinski definition) is 1. The number of fused-ring (bicyclic) bond motifs is 3. The number of aliphatic hydroxyl groups is 1. The van der Waals surface area contributed by atoms with Crippen molar-refractivity contribution in [2.24, 2.45) is 23.2 Å². The van der Waals surface area contributed by atoms with Crippen LogP contribution in [0, 0.1) is 23.2 Å². The van der Waals surface area contributed by atoms with Crippen molar-refractivity contribution in [2.45, 2.75) is 58.3 Å². The van der Waals surface area contributed by atoms with Gasteiger partial charge >= 0.3 is 0 Å². The Kier molecular flexibility index (Phi) is 2.01. The van der Waals surface area contributed by atoms with Gasteiger partial charge in [-0.15, -0.1) is 0 Å². The summed E-state index contributed by atoms with van der Waals surface area (Å²) in [5, 5.41) is 9.90. The van der Waals surface area contributed by atoms with E-state index in [0.29, 0.717) is 17.4 Å². The van der Waals surface area contributed by atoms with Crippen LogP contribution < -0.4 is 0 Å². The highest BCUT2D eigenvalue weighted by Crippen LogP contribution is 2.61. The molecule has 2 saturated carbocycles. The molecule has 3 rings (SSSR count). The molecule has 0 radical (unpaired) electrons. The van der Waals surface area contributed by atoms with Gasteiger partial charge in [0.05, 0.1) is 12.2 Å². The van der Waals surface area contributed by atoms with Crippen molar-refractivity contribution in [3.63, 3.8) is 0 Å². The third kappa shape index (κ3) is 1.18. The van der Waals surface area contributed by atoms with Crippen LogP contribution in [0.15, 0.2) is 0 Å². The highest BCUT2D eigenvalue weighted by atomic mass is 16.6. The van der Waals surface area contributed by atoms with Crippen molar-refractivity contribution < 1.29 is 9.84 Å². The van der Waals surface area contributed by atoms with Crippen molar-refractivity contribution >= 4 is 0 Å². The number of epoxide rings is 1.